The maximum Gasteiger partial charge on any atom is 0.297 e. The minimum Gasteiger partial charge on any atom is -0.368 e. The molecule has 1 aliphatic rings. The Morgan fingerprint density at radius 2 is 1.12 bits per heavy atom. The van der Waals surface area contributed by atoms with E-state index in [2.05, 4.69) is 0 Å². The zero-order valence-corrected chi connectivity index (χ0v) is 23.7. The standard InChI is InChI=1S/C33H34O7S/c1-25-17-19-29(20-18-25)41(34,35)40-32-31(37-22-27-13-7-3-8-14-27)30(36-21-26-11-5-2-6-12-26)24-39-33(32)38-23-28-15-9-4-10-16-28/h2-20,30-33H,21-24H2,1H3/t30-,31+,32+,33-/m0/s1. The topological polar surface area (TPSA) is 80.3 Å². The highest BCUT2D eigenvalue weighted by Crippen LogP contribution is 2.30. The second kappa shape index (κ2) is 14.0. The molecule has 4 aromatic rings. The molecule has 4 atom stereocenters. The molecule has 0 bridgehead atoms. The van der Waals surface area contributed by atoms with Crippen LogP contribution in [0.4, 0.5) is 0 Å². The zero-order chi connectivity index (χ0) is 28.5. The Morgan fingerprint density at radius 3 is 1.66 bits per heavy atom. The molecule has 8 heteroatoms. The molecular weight excluding hydrogens is 540 g/mol. The minimum atomic E-state index is -4.19. The van der Waals surface area contributed by atoms with Gasteiger partial charge in [-0.1, -0.05) is 109 Å². The number of hydrogen-bond acceptors (Lipinski definition) is 7. The molecule has 7 nitrogen and oxygen atoms in total. The molecule has 0 aliphatic carbocycles. The molecule has 0 amide bonds. The maximum atomic E-state index is 13.5. The molecule has 1 fully saturated rings. The van der Waals surface area contributed by atoms with Gasteiger partial charge < -0.3 is 18.9 Å². The van der Waals surface area contributed by atoms with Crippen molar-refractivity contribution in [3.05, 3.63) is 138 Å². The highest BCUT2D eigenvalue weighted by molar-refractivity contribution is 7.86. The smallest absolute Gasteiger partial charge is 0.297 e. The molecule has 0 radical (unpaired) electrons. The van der Waals surface area contributed by atoms with Crippen LogP contribution < -0.4 is 0 Å². The lowest BCUT2D eigenvalue weighted by molar-refractivity contribution is -0.283. The number of ether oxygens (including phenoxy) is 4. The lowest BCUT2D eigenvalue weighted by Crippen LogP contribution is -2.57. The summed E-state index contributed by atoms with van der Waals surface area (Å²) in [6.07, 6.45) is -3.58. The minimum absolute atomic E-state index is 0.0408. The molecule has 1 saturated heterocycles. The van der Waals surface area contributed by atoms with Gasteiger partial charge in [0.15, 0.2) is 12.4 Å². The first-order valence-corrected chi connectivity index (χ1v) is 15.0. The second-order valence-corrected chi connectivity index (χ2v) is 11.5. The van der Waals surface area contributed by atoms with Gasteiger partial charge in [0.05, 0.1) is 31.3 Å². The van der Waals surface area contributed by atoms with Crippen LogP contribution >= 0.6 is 0 Å². The Balaban J connectivity index is 1.43. The van der Waals surface area contributed by atoms with Crippen molar-refractivity contribution in [3.8, 4) is 0 Å². The summed E-state index contributed by atoms with van der Waals surface area (Å²) in [7, 11) is -4.19. The summed E-state index contributed by atoms with van der Waals surface area (Å²) in [4.78, 5) is 0.0408. The van der Waals surface area contributed by atoms with Crippen LogP contribution in [0.15, 0.2) is 120 Å². The molecule has 0 N–H and O–H groups in total. The van der Waals surface area contributed by atoms with Gasteiger partial charge in [-0.25, -0.2) is 0 Å². The van der Waals surface area contributed by atoms with Crippen LogP contribution in [-0.4, -0.2) is 39.6 Å². The first-order chi connectivity index (χ1) is 20.0. The van der Waals surface area contributed by atoms with Gasteiger partial charge in [0.1, 0.15) is 12.2 Å². The van der Waals surface area contributed by atoms with Gasteiger partial charge in [-0.05, 0) is 35.7 Å². The van der Waals surface area contributed by atoms with Gasteiger partial charge in [-0.15, -0.1) is 0 Å². The third-order valence-electron chi connectivity index (χ3n) is 6.78. The van der Waals surface area contributed by atoms with Gasteiger partial charge in [0.25, 0.3) is 10.1 Å². The van der Waals surface area contributed by atoms with E-state index in [1.165, 1.54) is 12.1 Å². The van der Waals surface area contributed by atoms with Crippen molar-refractivity contribution in [2.24, 2.45) is 0 Å². The third-order valence-corrected chi connectivity index (χ3v) is 8.11. The number of hydrogen-bond donors (Lipinski definition) is 0. The maximum absolute atomic E-state index is 13.5. The lowest BCUT2D eigenvalue weighted by atomic mass is 10.0. The molecule has 0 saturated carbocycles. The lowest BCUT2D eigenvalue weighted by Gasteiger charge is -2.41. The quantitative estimate of drug-likeness (QED) is 0.198. The molecule has 214 valence electrons. The van der Waals surface area contributed by atoms with Crippen molar-refractivity contribution < 1.29 is 31.5 Å². The number of benzene rings is 4. The van der Waals surface area contributed by atoms with Gasteiger partial charge in [-0.3, -0.25) is 4.18 Å². The van der Waals surface area contributed by atoms with Crippen molar-refractivity contribution in [1.29, 1.82) is 0 Å². The largest absolute Gasteiger partial charge is 0.368 e. The summed E-state index contributed by atoms with van der Waals surface area (Å²) in [5.41, 5.74) is 3.76. The van der Waals surface area contributed by atoms with Crippen molar-refractivity contribution in [1.82, 2.24) is 0 Å². The molecule has 41 heavy (non-hydrogen) atoms. The SMILES string of the molecule is Cc1ccc(S(=O)(=O)O[C@H]2[C@@H](OCc3ccccc3)OC[C@H](OCc3ccccc3)[C@H]2OCc2ccccc2)cc1. The fraction of sp³-hybridized carbons (Fsp3) is 0.273. The van der Waals surface area contributed by atoms with Crippen LogP contribution in [0.2, 0.25) is 0 Å². The average molecular weight is 575 g/mol. The van der Waals surface area contributed by atoms with E-state index < -0.39 is 34.7 Å². The fourth-order valence-electron chi connectivity index (χ4n) is 4.54. The average Bonchev–Trinajstić information content (AvgIpc) is 3.00. The predicted octanol–water partition coefficient (Wildman–Crippen LogP) is 5.81. The van der Waals surface area contributed by atoms with Gasteiger partial charge >= 0.3 is 0 Å². The van der Waals surface area contributed by atoms with Gasteiger partial charge in [0, 0.05) is 0 Å². The molecule has 5 rings (SSSR count). The Bertz CT molecular complexity index is 1450. The van der Waals surface area contributed by atoms with Crippen LogP contribution in [0.1, 0.15) is 22.3 Å². The van der Waals surface area contributed by atoms with E-state index in [0.29, 0.717) is 6.61 Å². The third kappa shape index (κ3) is 8.10. The Labute approximate surface area is 241 Å². The Morgan fingerprint density at radius 1 is 0.634 bits per heavy atom. The van der Waals surface area contributed by atoms with Crippen LogP contribution in [0.3, 0.4) is 0 Å². The van der Waals surface area contributed by atoms with E-state index in [0.717, 1.165) is 22.3 Å². The summed E-state index contributed by atoms with van der Waals surface area (Å²) in [6, 6.07) is 35.5. The van der Waals surface area contributed by atoms with Gasteiger partial charge in [0.2, 0.25) is 0 Å². The van der Waals surface area contributed by atoms with E-state index in [9.17, 15) is 8.42 Å². The van der Waals surface area contributed by atoms with Crippen LogP contribution in [-0.2, 0) is 53.1 Å². The zero-order valence-electron chi connectivity index (χ0n) is 22.9. The van der Waals surface area contributed by atoms with Gasteiger partial charge in [-0.2, -0.15) is 8.42 Å². The molecule has 0 unspecified atom stereocenters. The summed E-state index contributed by atoms with van der Waals surface area (Å²) in [5, 5.41) is 0. The van der Waals surface area contributed by atoms with Crippen LogP contribution in [0.5, 0.6) is 0 Å². The summed E-state index contributed by atoms with van der Waals surface area (Å²) in [6.45, 7) is 2.76. The molecule has 4 aromatic carbocycles. The molecule has 0 aromatic heterocycles. The first-order valence-electron chi connectivity index (χ1n) is 13.6. The molecule has 1 aliphatic heterocycles. The van der Waals surface area contributed by atoms with E-state index in [1.54, 1.807) is 12.1 Å². The van der Waals surface area contributed by atoms with Crippen molar-refractivity contribution >= 4 is 10.1 Å². The molecular formula is C33H34O7S. The summed E-state index contributed by atoms with van der Waals surface area (Å²) < 4.78 is 57.8. The van der Waals surface area contributed by atoms with E-state index in [4.69, 9.17) is 23.1 Å². The molecule has 1 heterocycles. The van der Waals surface area contributed by atoms with Crippen molar-refractivity contribution in [3.63, 3.8) is 0 Å². The number of aryl methyl sites for hydroxylation is 1. The number of rotatable bonds is 12. The predicted molar refractivity (Wildman–Crippen MR) is 154 cm³/mol. The van der Waals surface area contributed by atoms with E-state index >= 15 is 0 Å². The van der Waals surface area contributed by atoms with Crippen LogP contribution in [0, 0.1) is 6.92 Å². The van der Waals surface area contributed by atoms with E-state index in [1.807, 2.05) is 97.9 Å². The van der Waals surface area contributed by atoms with E-state index in [-0.39, 0.29) is 24.7 Å². The highest BCUT2D eigenvalue weighted by atomic mass is 32.2. The highest BCUT2D eigenvalue weighted by Gasteiger charge is 2.46. The Hall–Kier alpha value is -3.37. The molecule has 0 spiro atoms. The normalized spacial score (nSPS) is 21.0. The Kier molecular flexibility index (Phi) is 9.95. The monoisotopic (exact) mass is 574 g/mol. The van der Waals surface area contributed by atoms with Crippen LogP contribution in [0.25, 0.3) is 0 Å². The fourth-order valence-corrected chi connectivity index (χ4v) is 5.61. The van der Waals surface area contributed by atoms with Crippen molar-refractivity contribution in [2.45, 2.75) is 56.2 Å². The second-order valence-electron chi connectivity index (χ2n) is 9.92. The van der Waals surface area contributed by atoms with Crippen molar-refractivity contribution in [2.75, 3.05) is 6.61 Å². The summed E-state index contributed by atoms with van der Waals surface area (Å²) in [5.74, 6) is 0. The summed E-state index contributed by atoms with van der Waals surface area (Å²) >= 11 is 0. The first kappa shape index (κ1) is 29.1.